The molecule has 2 N–H and O–H groups in total. The molecule has 0 saturated carbocycles. The Bertz CT molecular complexity index is 400. The van der Waals surface area contributed by atoms with Crippen LogP contribution in [0.5, 0.6) is 0 Å². The van der Waals surface area contributed by atoms with Crippen molar-refractivity contribution in [2.75, 3.05) is 19.6 Å². The Morgan fingerprint density at radius 1 is 1.26 bits per heavy atom. The van der Waals surface area contributed by atoms with Gasteiger partial charge in [-0.1, -0.05) is 31.2 Å². The molecule has 1 aromatic carbocycles. The number of hydrogen-bond donors (Lipinski definition) is 1. The molecule has 2 rings (SSSR count). The van der Waals surface area contributed by atoms with Crippen LogP contribution in [0.25, 0.3) is 0 Å². The largest absolute Gasteiger partial charge is 0.368 e. The van der Waals surface area contributed by atoms with E-state index in [4.69, 9.17) is 10.5 Å². The summed E-state index contributed by atoms with van der Waals surface area (Å²) in [6.07, 6.45) is 1.25. The zero-order chi connectivity index (χ0) is 13.9. The zero-order valence-electron chi connectivity index (χ0n) is 12.4. The number of hydrogen-bond acceptors (Lipinski definition) is 3. The van der Waals surface area contributed by atoms with E-state index in [2.05, 4.69) is 49.9 Å². The monoisotopic (exact) mass is 262 g/mol. The van der Waals surface area contributed by atoms with Crippen LogP contribution in [0.1, 0.15) is 31.9 Å². The molecule has 106 valence electrons. The molecule has 0 spiro atoms. The average Bonchev–Trinajstić information content (AvgIpc) is 2.37. The molecule has 19 heavy (non-hydrogen) atoms. The maximum Gasteiger partial charge on any atom is 0.0831 e. The van der Waals surface area contributed by atoms with E-state index in [0.29, 0.717) is 6.54 Å². The van der Waals surface area contributed by atoms with Crippen molar-refractivity contribution in [3.8, 4) is 0 Å². The predicted octanol–water partition coefficient (Wildman–Crippen LogP) is 2.19. The lowest BCUT2D eigenvalue weighted by Crippen LogP contribution is -2.54. The number of rotatable bonds is 4. The molecule has 0 aliphatic carbocycles. The van der Waals surface area contributed by atoms with Crippen molar-refractivity contribution in [2.45, 2.75) is 45.4 Å². The predicted molar refractivity (Wildman–Crippen MR) is 79.1 cm³/mol. The van der Waals surface area contributed by atoms with E-state index in [0.717, 1.165) is 26.1 Å². The fourth-order valence-corrected chi connectivity index (χ4v) is 2.80. The summed E-state index contributed by atoms with van der Waals surface area (Å²) in [4.78, 5) is 2.45. The molecule has 1 atom stereocenters. The lowest BCUT2D eigenvalue weighted by molar-refractivity contribution is -0.133. The van der Waals surface area contributed by atoms with Crippen LogP contribution in [0.3, 0.4) is 0 Å². The topological polar surface area (TPSA) is 38.5 Å². The third-order valence-corrected chi connectivity index (χ3v) is 3.65. The molecule has 3 nitrogen and oxygen atoms in total. The Morgan fingerprint density at radius 3 is 2.47 bits per heavy atom. The van der Waals surface area contributed by atoms with E-state index in [1.807, 2.05) is 0 Å². The normalized spacial score (nSPS) is 23.5. The molecule has 0 amide bonds. The van der Waals surface area contributed by atoms with E-state index < -0.39 is 0 Å². The number of benzene rings is 1. The lowest BCUT2D eigenvalue weighted by atomic mass is 10.0. The fraction of sp³-hybridized carbons (Fsp3) is 0.625. The number of nitrogens with zero attached hydrogens (tertiary/aromatic N) is 1. The van der Waals surface area contributed by atoms with Crippen molar-refractivity contribution in [3.05, 3.63) is 35.4 Å². The molecule has 1 fully saturated rings. The van der Waals surface area contributed by atoms with E-state index in [9.17, 15) is 0 Å². The number of ether oxygens (including phenoxy) is 1. The highest BCUT2D eigenvalue weighted by Gasteiger charge is 2.32. The summed E-state index contributed by atoms with van der Waals surface area (Å²) in [5.41, 5.74) is 8.42. The quantitative estimate of drug-likeness (QED) is 0.904. The minimum atomic E-state index is -0.106. The van der Waals surface area contributed by atoms with Gasteiger partial charge in [0.15, 0.2) is 0 Å². The Kier molecular flexibility index (Phi) is 4.61. The average molecular weight is 262 g/mol. The standard InChI is InChI=1S/C16H26N2O/c1-4-13-5-7-14(8-6-13)10-18-11-15(9-17)19-16(2,3)12-18/h5-8,15H,4,9-12,17H2,1-3H3. The summed E-state index contributed by atoms with van der Waals surface area (Å²) in [5.74, 6) is 0. The van der Waals surface area contributed by atoms with Crippen LogP contribution in [-0.4, -0.2) is 36.2 Å². The molecule has 1 aliphatic rings. The Morgan fingerprint density at radius 2 is 1.89 bits per heavy atom. The number of aryl methyl sites for hydroxylation is 1. The van der Waals surface area contributed by atoms with Gasteiger partial charge in [-0.15, -0.1) is 0 Å². The van der Waals surface area contributed by atoms with Gasteiger partial charge in [0.1, 0.15) is 0 Å². The molecule has 1 heterocycles. The van der Waals surface area contributed by atoms with Gasteiger partial charge in [0.25, 0.3) is 0 Å². The van der Waals surface area contributed by atoms with E-state index in [1.165, 1.54) is 11.1 Å². The molecule has 0 bridgehead atoms. The van der Waals surface area contributed by atoms with Gasteiger partial charge >= 0.3 is 0 Å². The second kappa shape index (κ2) is 6.04. The minimum absolute atomic E-state index is 0.106. The van der Waals surface area contributed by atoms with E-state index >= 15 is 0 Å². The van der Waals surface area contributed by atoms with Gasteiger partial charge < -0.3 is 10.5 Å². The minimum Gasteiger partial charge on any atom is -0.368 e. The Labute approximate surface area is 116 Å². The van der Waals surface area contributed by atoms with Crippen molar-refractivity contribution in [3.63, 3.8) is 0 Å². The van der Waals surface area contributed by atoms with Gasteiger partial charge in [0.2, 0.25) is 0 Å². The van der Waals surface area contributed by atoms with Crippen LogP contribution in [0, 0.1) is 0 Å². The molecule has 0 aromatic heterocycles. The Balaban J connectivity index is 2.00. The molecule has 1 aliphatic heterocycles. The van der Waals surface area contributed by atoms with Gasteiger partial charge in [-0.2, -0.15) is 0 Å². The summed E-state index contributed by atoms with van der Waals surface area (Å²) < 4.78 is 5.96. The van der Waals surface area contributed by atoms with Gasteiger partial charge in [0.05, 0.1) is 11.7 Å². The first-order chi connectivity index (χ1) is 9.02. The van der Waals surface area contributed by atoms with Crippen LogP contribution in [0.4, 0.5) is 0 Å². The summed E-state index contributed by atoms with van der Waals surface area (Å²) in [7, 11) is 0. The first-order valence-electron chi connectivity index (χ1n) is 7.20. The highest BCUT2D eigenvalue weighted by molar-refractivity contribution is 5.22. The molecule has 1 aromatic rings. The third kappa shape index (κ3) is 4.03. The molecular formula is C16H26N2O. The smallest absolute Gasteiger partial charge is 0.0831 e. The van der Waals surface area contributed by atoms with Crippen LogP contribution in [0.15, 0.2) is 24.3 Å². The zero-order valence-corrected chi connectivity index (χ0v) is 12.4. The number of nitrogens with two attached hydrogens (primary N) is 1. The first kappa shape index (κ1) is 14.5. The first-order valence-corrected chi connectivity index (χ1v) is 7.20. The highest BCUT2D eigenvalue weighted by atomic mass is 16.5. The van der Waals surface area contributed by atoms with Gasteiger partial charge in [-0.3, -0.25) is 4.90 Å². The Hall–Kier alpha value is -0.900. The van der Waals surface area contributed by atoms with Crippen LogP contribution in [0.2, 0.25) is 0 Å². The highest BCUT2D eigenvalue weighted by Crippen LogP contribution is 2.22. The third-order valence-electron chi connectivity index (χ3n) is 3.65. The van der Waals surface area contributed by atoms with Crippen LogP contribution in [-0.2, 0) is 17.7 Å². The molecular weight excluding hydrogens is 236 g/mol. The maximum atomic E-state index is 5.96. The summed E-state index contributed by atoms with van der Waals surface area (Å²) in [6.45, 7) is 9.92. The second-order valence-electron chi connectivity index (χ2n) is 6.07. The fourth-order valence-electron chi connectivity index (χ4n) is 2.80. The maximum absolute atomic E-state index is 5.96. The van der Waals surface area contributed by atoms with Crippen molar-refractivity contribution >= 4 is 0 Å². The number of morpholine rings is 1. The molecule has 3 heteroatoms. The van der Waals surface area contributed by atoms with E-state index in [-0.39, 0.29) is 11.7 Å². The molecule has 1 saturated heterocycles. The van der Waals surface area contributed by atoms with Crippen molar-refractivity contribution in [1.82, 2.24) is 4.90 Å². The van der Waals surface area contributed by atoms with Crippen molar-refractivity contribution in [2.24, 2.45) is 5.73 Å². The van der Waals surface area contributed by atoms with Crippen molar-refractivity contribution in [1.29, 1.82) is 0 Å². The van der Waals surface area contributed by atoms with Gasteiger partial charge in [-0.05, 0) is 31.4 Å². The van der Waals surface area contributed by atoms with Gasteiger partial charge in [0, 0.05) is 26.2 Å². The van der Waals surface area contributed by atoms with E-state index in [1.54, 1.807) is 0 Å². The summed E-state index contributed by atoms with van der Waals surface area (Å²) >= 11 is 0. The SMILES string of the molecule is CCc1ccc(CN2CC(CN)OC(C)(C)C2)cc1. The van der Waals surface area contributed by atoms with Gasteiger partial charge in [-0.25, -0.2) is 0 Å². The second-order valence-corrected chi connectivity index (χ2v) is 6.07. The molecule has 0 radical (unpaired) electrons. The molecule has 1 unspecified atom stereocenters. The van der Waals surface area contributed by atoms with Crippen LogP contribution < -0.4 is 5.73 Å². The summed E-state index contributed by atoms with van der Waals surface area (Å²) in [6, 6.07) is 8.92. The van der Waals surface area contributed by atoms with Crippen LogP contribution >= 0.6 is 0 Å². The lowest BCUT2D eigenvalue weighted by Gasteiger charge is -2.42. The summed E-state index contributed by atoms with van der Waals surface area (Å²) in [5, 5.41) is 0. The van der Waals surface area contributed by atoms with Crippen molar-refractivity contribution < 1.29 is 4.74 Å².